The minimum Gasteiger partial charge on any atom is -0.348 e. The van der Waals surface area contributed by atoms with Crippen LogP contribution in [0.3, 0.4) is 0 Å². The third kappa shape index (κ3) is 5.40. The molecule has 2 N–H and O–H groups in total. The van der Waals surface area contributed by atoms with Crippen LogP contribution in [0.1, 0.15) is 44.0 Å². The van der Waals surface area contributed by atoms with Gasteiger partial charge in [0, 0.05) is 42.7 Å². The van der Waals surface area contributed by atoms with Crippen LogP contribution >= 0.6 is 0 Å². The van der Waals surface area contributed by atoms with Gasteiger partial charge < -0.3 is 15.5 Å². The van der Waals surface area contributed by atoms with Gasteiger partial charge in [-0.25, -0.2) is 18.7 Å². The molecule has 0 atom stereocenters. The number of carbonyl (C=O) groups excluding carboxylic acids is 3. The Balaban J connectivity index is 1.37. The van der Waals surface area contributed by atoms with E-state index in [1.165, 1.54) is 48.8 Å². The summed E-state index contributed by atoms with van der Waals surface area (Å²) in [6.45, 7) is 0.786. The summed E-state index contributed by atoms with van der Waals surface area (Å²) in [5.74, 6) is -2.51. The first-order valence-electron chi connectivity index (χ1n) is 10.6. The summed E-state index contributed by atoms with van der Waals surface area (Å²) in [5.41, 5.74) is 0.276. The first kappa shape index (κ1) is 23.0. The maximum atomic E-state index is 13.4. The van der Waals surface area contributed by atoms with Gasteiger partial charge in [0.25, 0.3) is 17.7 Å². The Labute approximate surface area is 194 Å². The van der Waals surface area contributed by atoms with E-state index >= 15 is 0 Å². The Kier molecular flexibility index (Phi) is 6.86. The second-order valence-electron chi connectivity index (χ2n) is 7.77. The Morgan fingerprint density at radius 2 is 1.47 bits per heavy atom. The van der Waals surface area contributed by atoms with E-state index in [0.717, 1.165) is 6.07 Å². The Morgan fingerprint density at radius 1 is 0.853 bits per heavy atom. The fourth-order valence-corrected chi connectivity index (χ4v) is 3.69. The molecular formula is C24H21F2N5O3. The number of likely N-dealkylation sites (tertiary alicyclic amines) is 1. The normalized spacial score (nSPS) is 13.9. The van der Waals surface area contributed by atoms with Gasteiger partial charge in [0.1, 0.15) is 11.6 Å². The summed E-state index contributed by atoms with van der Waals surface area (Å²) >= 11 is 0. The van der Waals surface area contributed by atoms with Crippen LogP contribution in [0.25, 0.3) is 0 Å². The zero-order chi connectivity index (χ0) is 24.1. The number of benzene rings is 2. The lowest BCUT2D eigenvalue weighted by Gasteiger charge is -2.32. The third-order valence-corrected chi connectivity index (χ3v) is 5.42. The fourth-order valence-electron chi connectivity index (χ4n) is 3.69. The molecule has 1 aliphatic rings. The molecule has 2 aromatic carbocycles. The van der Waals surface area contributed by atoms with Crippen molar-refractivity contribution in [2.24, 2.45) is 0 Å². The van der Waals surface area contributed by atoms with Gasteiger partial charge in [0.05, 0.1) is 0 Å². The Morgan fingerprint density at radius 3 is 2.15 bits per heavy atom. The van der Waals surface area contributed by atoms with E-state index in [4.69, 9.17) is 0 Å². The molecule has 34 heavy (non-hydrogen) atoms. The van der Waals surface area contributed by atoms with E-state index in [9.17, 15) is 23.2 Å². The molecule has 174 valence electrons. The quantitative estimate of drug-likeness (QED) is 0.603. The number of anilines is 1. The molecule has 1 aliphatic heterocycles. The molecule has 0 aliphatic carbocycles. The highest BCUT2D eigenvalue weighted by atomic mass is 19.1. The Bertz CT molecular complexity index is 1230. The number of hydrogen-bond acceptors (Lipinski definition) is 5. The molecule has 0 saturated carbocycles. The van der Waals surface area contributed by atoms with Crippen LogP contribution in [0.2, 0.25) is 0 Å². The van der Waals surface area contributed by atoms with Crippen LogP contribution in [0.5, 0.6) is 0 Å². The molecule has 0 unspecified atom stereocenters. The van der Waals surface area contributed by atoms with Crippen molar-refractivity contribution in [3.63, 3.8) is 0 Å². The van der Waals surface area contributed by atoms with Gasteiger partial charge in [0.15, 0.2) is 11.5 Å². The van der Waals surface area contributed by atoms with Crippen LogP contribution in [0.4, 0.5) is 14.6 Å². The molecule has 3 amide bonds. The highest BCUT2D eigenvalue weighted by molar-refractivity contribution is 6.07. The summed E-state index contributed by atoms with van der Waals surface area (Å²) in [6.07, 6.45) is 3.65. The molecule has 2 heterocycles. The van der Waals surface area contributed by atoms with E-state index in [2.05, 4.69) is 20.6 Å². The summed E-state index contributed by atoms with van der Waals surface area (Å²) in [5, 5.41) is 5.35. The minimum absolute atomic E-state index is 0.0482. The van der Waals surface area contributed by atoms with Crippen molar-refractivity contribution in [1.29, 1.82) is 0 Å². The third-order valence-electron chi connectivity index (χ3n) is 5.42. The standard InChI is InChI=1S/C24H21F2N5O3/c25-17-5-1-3-15(13-17)22(32)30-21-20(27-9-10-28-21)23(33)29-19-7-11-31(12-8-19)24(34)16-4-2-6-18(26)14-16/h1-6,9-10,13-14,19H,7-8,11-12H2,(H,29,33)(H,28,30,32). The van der Waals surface area contributed by atoms with Crippen LogP contribution in [0.15, 0.2) is 60.9 Å². The predicted molar refractivity (Wildman–Crippen MR) is 119 cm³/mol. The monoisotopic (exact) mass is 465 g/mol. The fraction of sp³-hybridized carbons (Fsp3) is 0.208. The van der Waals surface area contributed by atoms with Gasteiger partial charge in [-0.3, -0.25) is 14.4 Å². The van der Waals surface area contributed by atoms with Crippen molar-refractivity contribution < 1.29 is 23.2 Å². The first-order valence-corrected chi connectivity index (χ1v) is 10.6. The van der Waals surface area contributed by atoms with Crippen molar-refractivity contribution in [2.45, 2.75) is 18.9 Å². The summed E-state index contributed by atoms with van der Waals surface area (Å²) in [7, 11) is 0. The largest absolute Gasteiger partial charge is 0.348 e. The average Bonchev–Trinajstić information content (AvgIpc) is 2.84. The molecule has 4 rings (SSSR count). The molecule has 1 fully saturated rings. The summed E-state index contributed by atoms with van der Waals surface area (Å²) in [6, 6.07) is 10.4. The zero-order valence-corrected chi connectivity index (χ0v) is 18.0. The lowest BCUT2D eigenvalue weighted by Crippen LogP contribution is -2.46. The van der Waals surface area contributed by atoms with Crippen molar-refractivity contribution in [2.75, 3.05) is 18.4 Å². The van der Waals surface area contributed by atoms with E-state index in [-0.39, 0.29) is 34.6 Å². The predicted octanol–water partition coefficient (Wildman–Crippen LogP) is 3.04. The van der Waals surface area contributed by atoms with E-state index in [1.807, 2.05) is 0 Å². The van der Waals surface area contributed by atoms with Crippen molar-refractivity contribution in [3.8, 4) is 0 Å². The second-order valence-corrected chi connectivity index (χ2v) is 7.77. The molecule has 0 spiro atoms. The number of carbonyl (C=O) groups is 3. The molecular weight excluding hydrogens is 444 g/mol. The molecule has 1 saturated heterocycles. The number of nitrogens with zero attached hydrogens (tertiary/aromatic N) is 3. The van der Waals surface area contributed by atoms with E-state index < -0.39 is 23.4 Å². The van der Waals surface area contributed by atoms with Crippen LogP contribution in [0, 0.1) is 11.6 Å². The molecule has 3 aromatic rings. The van der Waals surface area contributed by atoms with Gasteiger partial charge in [-0.2, -0.15) is 0 Å². The number of aromatic nitrogens is 2. The van der Waals surface area contributed by atoms with E-state index in [0.29, 0.717) is 25.9 Å². The first-order chi connectivity index (χ1) is 16.4. The Hall–Kier alpha value is -4.21. The van der Waals surface area contributed by atoms with Gasteiger partial charge in [-0.05, 0) is 49.2 Å². The lowest BCUT2D eigenvalue weighted by molar-refractivity contribution is 0.0697. The highest BCUT2D eigenvalue weighted by Gasteiger charge is 2.26. The van der Waals surface area contributed by atoms with Gasteiger partial charge in [-0.1, -0.05) is 12.1 Å². The zero-order valence-electron chi connectivity index (χ0n) is 18.0. The number of halogens is 2. The highest BCUT2D eigenvalue weighted by Crippen LogP contribution is 2.17. The lowest BCUT2D eigenvalue weighted by atomic mass is 10.0. The van der Waals surface area contributed by atoms with Crippen molar-refractivity contribution in [1.82, 2.24) is 20.2 Å². The number of amides is 3. The topological polar surface area (TPSA) is 104 Å². The maximum absolute atomic E-state index is 13.4. The number of piperidine rings is 1. The number of rotatable bonds is 5. The molecule has 1 aromatic heterocycles. The smallest absolute Gasteiger partial charge is 0.273 e. The van der Waals surface area contributed by atoms with Gasteiger partial charge >= 0.3 is 0 Å². The maximum Gasteiger partial charge on any atom is 0.273 e. The van der Waals surface area contributed by atoms with Crippen LogP contribution < -0.4 is 10.6 Å². The minimum atomic E-state index is -0.627. The van der Waals surface area contributed by atoms with E-state index in [1.54, 1.807) is 11.0 Å². The van der Waals surface area contributed by atoms with Crippen LogP contribution in [-0.2, 0) is 0 Å². The second kappa shape index (κ2) is 10.2. The van der Waals surface area contributed by atoms with Crippen LogP contribution in [-0.4, -0.2) is 51.7 Å². The molecule has 0 bridgehead atoms. The van der Waals surface area contributed by atoms with Gasteiger partial charge in [-0.15, -0.1) is 0 Å². The SMILES string of the molecule is O=C(Nc1nccnc1C(=O)NC1CCN(C(=O)c2cccc(F)c2)CC1)c1cccc(F)c1. The molecule has 8 nitrogen and oxygen atoms in total. The molecule has 10 heteroatoms. The molecule has 0 radical (unpaired) electrons. The number of nitrogens with one attached hydrogen (secondary N) is 2. The summed E-state index contributed by atoms with van der Waals surface area (Å²) < 4.78 is 26.8. The van der Waals surface area contributed by atoms with Gasteiger partial charge in [0.2, 0.25) is 0 Å². The summed E-state index contributed by atoms with van der Waals surface area (Å²) in [4.78, 5) is 47.5. The number of hydrogen-bond donors (Lipinski definition) is 2. The van der Waals surface area contributed by atoms with Crippen molar-refractivity contribution >= 4 is 23.5 Å². The average molecular weight is 465 g/mol. The van der Waals surface area contributed by atoms with Crippen molar-refractivity contribution in [3.05, 3.63) is 89.4 Å².